The summed E-state index contributed by atoms with van der Waals surface area (Å²) in [5, 5.41) is 5.76. The number of carbonyl (C=O) groups is 2. The molecule has 0 radical (unpaired) electrons. The van der Waals surface area contributed by atoms with Crippen LogP contribution in [0.25, 0.3) is 5.69 Å². The van der Waals surface area contributed by atoms with Gasteiger partial charge in [-0.1, -0.05) is 18.2 Å². The quantitative estimate of drug-likeness (QED) is 0.669. The van der Waals surface area contributed by atoms with Gasteiger partial charge < -0.3 is 10.1 Å². The molecule has 0 fully saturated rings. The first-order chi connectivity index (χ1) is 10.1. The third-order valence-corrected chi connectivity index (χ3v) is 3.10. The molecule has 0 aliphatic rings. The fourth-order valence-corrected chi connectivity index (χ4v) is 1.82. The van der Waals surface area contributed by atoms with Crippen LogP contribution in [-0.2, 0) is 9.53 Å². The molecule has 1 aromatic carbocycles. The fraction of sp³-hybridized carbons (Fsp3) is 0.214. The summed E-state index contributed by atoms with van der Waals surface area (Å²) < 4.78 is 6.06. The second-order valence-electron chi connectivity index (χ2n) is 4.21. The Balaban J connectivity index is 1.98. The molecule has 110 valence electrons. The summed E-state index contributed by atoms with van der Waals surface area (Å²) in [5.41, 5.74) is 1.23. The van der Waals surface area contributed by atoms with Crippen LogP contribution in [0.4, 0.5) is 0 Å². The van der Waals surface area contributed by atoms with Gasteiger partial charge in [-0.2, -0.15) is 5.10 Å². The number of hydrogen-bond acceptors (Lipinski definition) is 4. The maximum absolute atomic E-state index is 11.9. The summed E-state index contributed by atoms with van der Waals surface area (Å²) in [6.07, 6.45) is 3.05. The van der Waals surface area contributed by atoms with Gasteiger partial charge in [0.25, 0.3) is 5.91 Å². The van der Waals surface area contributed by atoms with Crippen LogP contribution >= 0.6 is 11.6 Å². The lowest BCUT2D eigenvalue weighted by Gasteiger charge is -2.07. The van der Waals surface area contributed by atoms with Gasteiger partial charge in [-0.05, 0) is 12.1 Å². The minimum absolute atomic E-state index is 0.0103. The van der Waals surface area contributed by atoms with E-state index in [1.54, 1.807) is 10.9 Å². The zero-order valence-electron chi connectivity index (χ0n) is 11.3. The monoisotopic (exact) mass is 307 g/mol. The third-order valence-electron chi connectivity index (χ3n) is 2.76. The lowest BCUT2D eigenvalue weighted by molar-refractivity contribution is -0.140. The van der Waals surface area contributed by atoms with E-state index in [0.29, 0.717) is 5.56 Å². The molecule has 2 rings (SSSR count). The number of rotatable bonds is 5. The minimum atomic E-state index is -0.914. The molecule has 21 heavy (non-hydrogen) atoms. The summed E-state index contributed by atoms with van der Waals surface area (Å²) in [4.78, 5) is 23.1. The highest BCUT2D eigenvalue weighted by Crippen LogP contribution is 2.07. The number of carbonyl (C=O) groups excluding carboxylic acids is 2. The zero-order valence-corrected chi connectivity index (χ0v) is 12.1. The number of para-hydroxylation sites is 1. The van der Waals surface area contributed by atoms with Crippen molar-refractivity contribution >= 4 is 23.5 Å². The molecule has 0 aliphatic heterocycles. The number of ether oxygens (including phenoxy) is 1. The predicted molar refractivity (Wildman–Crippen MR) is 77.6 cm³/mol. The number of alkyl halides is 1. The lowest BCUT2D eigenvalue weighted by Crippen LogP contribution is -2.34. The molecule has 0 aliphatic carbocycles. The van der Waals surface area contributed by atoms with E-state index in [9.17, 15) is 9.59 Å². The molecule has 1 N–H and O–H groups in total. The standard InChI is InChI=1S/C14H14ClN3O3/c1-21-14(20)12(15)8-16-13(19)10-7-17-18(9-10)11-5-3-2-4-6-11/h2-7,9,12H,8H2,1H3,(H,16,19). The Morgan fingerprint density at radius 1 is 1.38 bits per heavy atom. The Labute approximate surface area is 126 Å². The molecule has 0 bridgehead atoms. The normalized spacial score (nSPS) is 11.7. The molecular weight excluding hydrogens is 294 g/mol. The number of halogens is 1. The number of nitrogens with zero attached hydrogens (tertiary/aromatic N) is 2. The van der Waals surface area contributed by atoms with Gasteiger partial charge in [0.15, 0.2) is 0 Å². The van der Waals surface area contributed by atoms with Crippen LogP contribution in [0.15, 0.2) is 42.7 Å². The second-order valence-corrected chi connectivity index (χ2v) is 4.74. The average Bonchev–Trinajstić information content (AvgIpc) is 3.02. The third kappa shape index (κ3) is 3.82. The molecule has 6 nitrogen and oxygen atoms in total. The van der Waals surface area contributed by atoms with Crippen LogP contribution in [0.3, 0.4) is 0 Å². The van der Waals surface area contributed by atoms with Crippen molar-refractivity contribution in [2.45, 2.75) is 5.38 Å². The Hall–Kier alpha value is -2.34. The van der Waals surface area contributed by atoms with E-state index in [4.69, 9.17) is 11.6 Å². The topological polar surface area (TPSA) is 73.2 Å². The summed E-state index contributed by atoms with van der Waals surface area (Å²) >= 11 is 5.75. The highest BCUT2D eigenvalue weighted by molar-refractivity contribution is 6.30. The fourth-order valence-electron chi connectivity index (χ4n) is 1.66. The number of methoxy groups -OCH3 is 1. The Morgan fingerprint density at radius 2 is 2.10 bits per heavy atom. The molecular formula is C14H14ClN3O3. The van der Waals surface area contributed by atoms with Crippen LogP contribution in [0.5, 0.6) is 0 Å². The molecule has 0 saturated heterocycles. The van der Waals surface area contributed by atoms with E-state index >= 15 is 0 Å². The van der Waals surface area contributed by atoms with E-state index in [-0.39, 0.29) is 12.5 Å². The van der Waals surface area contributed by atoms with E-state index < -0.39 is 11.3 Å². The van der Waals surface area contributed by atoms with Crippen LogP contribution in [0.2, 0.25) is 0 Å². The summed E-state index contributed by atoms with van der Waals surface area (Å²) in [6.45, 7) is -0.0103. The SMILES string of the molecule is COC(=O)C(Cl)CNC(=O)c1cnn(-c2ccccc2)c1. The van der Waals surface area contributed by atoms with Crippen LogP contribution in [0, 0.1) is 0 Å². The van der Waals surface area contributed by atoms with Gasteiger partial charge in [0.05, 0.1) is 24.6 Å². The summed E-state index contributed by atoms with van der Waals surface area (Å²) in [5.74, 6) is -0.941. The maximum atomic E-state index is 11.9. The first-order valence-corrected chi connectivity index (χ1v) is 6.65. The van der Waals surface area contributed by atoms with Gasteiger partial charge in [0.1, 0.15) is 5.38 Å². The van der Waals surface area contributed by atoms with Crippen molar-refractivity contribution in [2.24, 2.45) is 0 Å². The van der Waals surface area contributed by atoms with Gasteiger partial charge in [-0.3, -0.25) is 9.59 Å². The van der Waals surface area contributed by atoms with Gasteiger partial charge in [-0.15, -0.1) is 11.6 Å². The average molecular weight is 308 g/mol. The highest BCUT2D eigenvalue weighted by atomic mass is 35.5. The molecule has 1 amide bonds. The molecule has 1 unspecified atom stereocenters. The Bertz CT molecular complexity index is 627. The van der Waals surface area contributed by atoms with Gasteiger partial charge in [-0.25, -0.2) is 4.68 Å². The van der Waals surface area contributed by atoms with Crippen LogP contribution in [0.1, 0.15) is 10.4 Å². The number of nitrogens with one attached hydrogen (secondary N) is 1. The molecule has 1 heterocycles. The van der Waals surface area contributed by atoms with E-state index in [1.165, 1.54) is 13.3 Å². The summed E-state index contributed by atoms with van der Waals surface area (Å²) in [6, 6.07) is 9.41. The molecule has 0 spiro atoms. The number of esters is 1. The zero-order chi connectivity index (χ0) is 15.2. The van der Waals surface area contributed by atoms with E-state index in [2.05, 4.69) is 15.2 Å². The van der Waals surface area contributed by atoms with Crippen molar-refractivity contribution < 1.29 is 14.3 Å². The molecule has 1 atom stereocenters. The molecule has 1 aromatic heterocycles. The molecule has 2 aromatic rings. The number of hydrogen-bond donors (Lipinski definition) is 1. The van der Waals surface area contributed by atoms with Crippen molar-refractivity contribution in [2.75, 3.05) is 13.7 Å². The maximum Gasteiger partial charge on any atom is 0.325 e. The number of benzene rings is 1. The number of aromatic nitrogens is 2. The largest absolute Gasteiger partial charge is 0.468 e. The van der Waals surface area contributed by atoms with Crippen LogP contribution < -0.4 is 5.32 Å². The van der Waals surface area contributed by atoms with Crippen LogP contribution in [-0.4, -0.2) is 40.7 Å². The minimum Gasteiger partial charge on any atom is -0.468 e. The van der Waals surface area contributed by atoms with Crippen molar-refractivity contribution in [1.29, 1.82) is 0 Å². The second kappa shape index (κ2) is 6.90. The Morgan fingerprint density at radius 3 is 2.76 bits per heavy atom. The van der Waals surface area contributed by atoms with Crippen molar-refractivity contribution in [3.05, 3.63) is 48.3 Å². The van der Waals surface area contributed by atoms with E-state index in [0.717, 1.165) is 5.69 Å². The first kappa shape index (κ1) is 15.1. The smallest absolute Gasteiger partial charge is 0.325 e. The van der Waals surface area contributed by atoms with Gasteiger partial charge in [0, 0.05) is 12.7 Å². The van der Waals surface area contributed by atoms with E-state index in [1.807, 2.05) is 30.3 Å². The number of amides is 1. The Kier molecular flexibility index (Phi) is 4.94. The lowest BCUT2D eigenvalue weighted by atomic mass is 10.3. The molecule has 0 saturated carbocycles. The van der Waals surface area contributed by atoms with Crippen molar-refractivity contribution in [1.82, 2.24) is 15.1 Å². The van der Waals surface area contributed by atoms with Gasteiger partial charge in [0.2, 0.25) is 0 Å². The summed E-state index contributed by atoms with van der Waals surface area (Å²) in [7, 11) is 1.24. The van der Waals surface area contributed by atoms with Crippen molar-refractivity contribution in [3.63, 3.8) is 0 Å². The molecule has 7 heteroatoms. The van der Waals surface area contributed by atoms with Gasteiger partial charge >= 0.3 is 5.97 Å². The van der Waals surface area contributed by atoms with Crippen molar-refractivity contribution in [3.8, 4) is 5.69 Å². The predicted octanol–water partition coefficient (Wildman–Crippen LogP) is 1.38. The highest BCUT2D eigenvalue weighted by Gasteiger charge is 2.17. The first-order valence-electron chi connectivity index (χ1n) is 6.22.